The van der Waals surface area contributed by atoms with Crippen LogP contribution in [0.5, 0.6) is 0 Å². The first kappa shape index (κ1) is 14.9. The lowest BCUT2D eigenvalue weighted by Crippen LogP contribution is -2.30. The van der Waals surface area contributed by atoms with Crippen LogP contribution < -0.4 is 5.73 Å². The third-order valence-electron chi connectivity index (χ3n) is 4.79. The van der Waals surface area contributed by atoms with Gasteiger partial charge in [-0.2, -0.15) is 0 Å². The van der Waals surface area contributed by atoms with Gasteiger partial charge in [-0.25, -0.2) is 0 Å². The van der Waals surface area contributed by atoms with Crippen LogP contribution in [0.4, 0.5) is 0 Å². The van der Waals surface area contributed by atoms with Gasteiger partial charge >= 0.3 is 0 Å². The largest absolute Gasteiger partial charge is 0.343 e. The van der Waals surface area contributed by atoms with Crippen molar-refractivity contribution in [3.8, 4) is 0 Å². The zero-order chi connectivity index (χ0) is 15.2. The highest BCUT2D eigenvalue weighted by molar-refractivity contribution is 7.10. The van der Waals surface area contributed by atoms with Gasteiger partial charge in [0.2, 0.25) is 0 Å². The summed E-state index contributed by atoms with van der Waals surface area (Å²) in [5, 5.41) is 2.22. The first-order chi connectivity index (χ1) is 9.91. The first-order valence-corrected chi connectivity index (χ1v) is 8.79. The molecule has 1 aliphatic carbocycles. The van der Waals surface area contributed by atoms with E-state index in [0.29, 0.717) is 5.41 Å². The standard InChI is InChI=1S/C18H26N2S/c1-5-13-6-7-21-17(13)11-20-12(2)8-14-15(19)9-18(3,4)10-16(14)20/h6-8,15H,5,9-11,19H2,1-4H3. The van der Waals surface area contributed by atoms with Crippen LogP contribution in [0.2, 0.25) is 0 Å². The maximum atomic E-state index is 6.42. The molecule has 1 aliphatic rings. The predicted molar refractivity (Wildman–Crippen MR) is 91.0 cm³/mol. The van der Waals surface area contributed by atoms with Crippen molar-refractivity contribution in [1.82, 2.24) is 4.57 Å². The van der Waals surface area contributed by atoms with Crippen molar-refractivity contribution in [1.29, 1.82) is 0 Å². The fraction of sp³-hybridized carbons (Fsp3) is 0.556. The smallest absolute Gasteiger partial charge is 0.0571 e. The van der Waals surface area contributed by atoms with Crippen molar-refractivity contribution in [2.45, 2.75) is 59.5 Å². The van der Waals surface area contributed by atoms with Gasteiger partial charge in [-0.15, -0.1) is 11.3 Å². The number of rotatable bonds is 3. The van der Waals surface area contributed by atoms with E-state index in [-0.39, 0.29) is 6.04 Å². The summed E-state index contributed by atoms with van der Waals surface area (Å²) in [6, 6.07) is 4.77. The summed E-state index contributed by atoms with van der Waals surface area (Å²) in [6.07, 6.45) is 3.34. The minimum absolute atomic E-state index is 0.192. The quantitative estimate of drug-likeness (QED) is 0.892. The number of hydrogen-bond donors (Lipinski definition) is 1. The predicted octanol–water partition coefficient (Wildman–Crippen LogP) is 4.44. The van der Waals surface area contributed by atoms with Crippen molar-refractivity contribution in [2.24, 2.45) is 11.1 Å². The monoisotopic (exact) mass is 302 g/mol. The van der Waals surface area contributed by atoms with Gasteiger partial charge in [-0.1, -0.05) is 20.8 Å². The van der Waals surface area contributed by atoms with Gasteiger partial charge in [0, 0.05) is 22.3 Å². The maximum absolute atomic E-state index is 6.42. The topological polar surface area (TPSA) is 30.9 Å². The Kier molecular flexibility index (Phi) is 3.74. The SMILES string of the molecule is CCc1ccsc1Cn1c(C)cc2c1CC(C)(C)CC2N. The summed E-state index contributed by atoms with van der Waals surface area (Å²) in [7, 11) is 0. The normalized spacial score (nSPS) is 20.5. The molecule has 0 aromatic carbocycles. The van der Waals surface area contributed by atoms with Gasteiger partial charge in [0.25, 0.3) is 0 Å². The van der Waals surface area contributed by atoms with E-state index in [4.69, 9.17) is 5.73 Å². The molecule has 0 aliphatic heterocycles. The highest BCUT2D eigenvalue weighted by Crippen LogP contribution is 2.41. The number of nitrogens with zero attached hydrogens (tertiary/aromatic N) is 1. The molecule has 2 heterocycles. The van der Waals surface area contributed by atoms with Crippen LogP contribution in [-0.2, 0) is 19.4 Å². The fourth-order valence-corrected chi connectivity index (χ4v) is 4.65. The molecule has 3 rings (SSSR count). The molecule has 0 spiro atoms. The molecule has 0 amide bonds. The zero-order valence-electron chi connectivity index (χ0n) is 13.6. The molecule has 1 atom stereocenters. The Morgan fingerprint density at radius 2 is 2.19 bits per heavy atom. The lowest BCUT2D eigenvalue weighted by molar-refractivity contribution is 0.276. The summed E-state index contributed by atoms with van der Waals surface area (Å²) >= 11 is 1.88. The van der Waals surface area contributed by atoms with Crippen LogP contribution in [-0.4, -0.2) is 4.57 Å². The Balaban J connectivity index is 2.01. The van der Waals surface area contributed by atoms with Crippen LogP contribution in [0.3, 0.4) is 0 Å². The molecule has 3 heteroatoms. The van der Waals surface area contributed by atoms with Gasteiger partial charge in [0.05, 0.1) is 6.54 Å². The van der Waals surface area contributed by atoms with E-state index < -0.39 is 0 Å². The van der Waals surface area contributed by atoms with Gasteiger partial charge < -0.3 is 10.3 Å². The second-order valence-electron chi connectivity index (χ2n) is 7.15. The molecule has 0 radical (unpaired) electrons. The van der Waals surface area contributed by atoms with Crippen molar-refractivity contribution in [2.75, 3.05) is 0 Å². The van der Waals surface area contributed by atoms with Crippen molar-refractivity contribution >= 4 is 11.3 Å². The Labute approximate surface area is 132 Å². The molecule has 0 saturated carbocycles. The van der Waals surface area contributed by atoms with Crippen molar-refractivity contribution in [3.05, 3.63) is 44.9 Å². The maximum Gasteiger partial charge on any atom is 0.0571 e. The number of thiophene rings is 1. The average Bonchev–Trinajstić information content (AvgIpc) is 2.96. The van der Waals surface area contributed by atoms with Gasteiger partial charge in [-0.05, 0) is 60.2 Å². The van der Waals surface area contributed by atoms with E-state index in [1.54, 1.807) is 0 Å². The molecule has 2 nitrogen and oxygen atoms in total. The van der Waals surface area contributed by atoms with Crippen LogP contribution >= 0.6 is 11.3 Å². The summed E-state index contributed by atoms with van der Waals surface area (Å²) in [5.41, 5.74) is 12.4. The van der Waals surface area contributed by atoms with Crippen LogP contribution in [0.15, 0.2) is 17.5 Å². The molecule has 2 N–H and O–H groups in total. The van der Waals surface area contributed by atoms with E-state index in [1.807, 2.05) is 11.3 Å². The highest BCUT2D eigenvalue weighted by Gasteiger charge is 2.33. The molecule has 0 fully saturated rings. The molecule has 0 bridgehead atoms. The van der Waals surface area contributed by atoms with Crippen molar-refractivity contribution < 1.29 is 0 Å². The molecule has 21 heavy (non-hydrogen) atoms. The summed E-state index contributed by atoms with van der Waals surface area (Å²) in [6.45, 7) is 10.1. The minimum atomic E-state index is 0.192. The van der Waals surface area contributed by atoms with E-state index in [9.17, 15) is 0 Å². The number of aromatic nitrogens is 1. The van der Waals surface area contributed by atoms with Crippen LogP contribution in [0, 0.1) is 12.3 Å². The molecule has 0 saturated heterocycles. The molecule has 114 valence electrons. The first-order valence-electron chi connectivity index (χ1n) is 7.91. The van der Waals surface area contributed by atoms with E-state index in [1.165, 1.54) is 27.4 Å². The highest BCUT2D eigenvalue weighted by atomic mass is 32.1. The zero-order valence-corrected chi connectivity index (χ0v) is 14.4. The Morgan fingerprint density at radius 3 is 2.90 bits per heavy atom. The number of aryl methyl sites for hydroxylation is 2. The van der Waals surface area contributed by atoms with Gasteiger partial charge in [0.15, 0.2) is 0 Å². The van der Waals surface area contributed by atoms with Gasteiger partial charge in [-0.3, -0.25) is 0 Å². The summed E-state index contributed by atoms with van der Waals surface area (Å²) < 4.78 is 2.50. The molecular weight excluding hydrogens is 276 g/mol. The van der Waals surface area contributed by atoms with E-state index in [2.05, 4.69) is 49.8 Å². The molecule has 1 unspecified atom stereocenters. The number of fused-ring (bicyclic) bond motifs is 1. The minimum Gasteiger partial charge on any atom is -0.343 e. The molecular formula is C18H26N2S. The Morgan fingerprint density at radius 1 is 1.43 bits per heavy atom. The third kappa shape index (κ3) is 2.69. The summed E-state index contributed by atoms with van der Waals surface area (Å²) in [5.74, 6) is 0. The molecule has 2 aromatic heterocycles. The second kappa shape index (κ2) is 5.29. The number of hydrogen-bond acceptors (Lipinski definition) is 2. The van der Waals surface area contributed by atoms with E-state index in [0.717, 1.165) is 25.8 Å². The van der Waals surface area contributed by atoms with Crippen LogP contribution in [0.25, 0.3) is 0 Å². The average molecular weight is 302 g/mol. The second-order valence-corrected chi connectivity index (χ2v) is 8.15. The van der Waals surface area contributed by atoms with Gasteiger partial charge in [0.1, 0.15) is 0 Å². The number of nitrogens with two attached hydrogens (primary N) is 1. The lowest BCUT2D eigenvalue weighted by atomic mass is 9.74. The van der Waals surface area contributed by atoms with Crippen molar-refractivity contribution in [3.63, 3.8) is 0 Å². The Bertz CT molecular complexity index is 648. The van der Waals surface area contributed by atoms with E-state index >= 15 is 0 Å². The fourth-order valence-electron chi connectivity index (χ4n) is 3.69. The Hall–Kier alpha value is -1.06. The molecule has 2 aromatic rings. The lowest BCUT2D eigenvalue weighted by Gasteiger charge is -2.34. The third-order valence-corrected chi connectivity index (χ3v) is 5.74. The van der Waals surface area contributed by atoms with Crippen LogP contribution in [0.1, 0.15) is 60.6 Å². The summed E-state index contributed by atoms with van der Waals surface area (Å²) in [4.78, 5) is 1.50.